The number of unbranched alkanes of at least 4 members (excludes halogenated alkanes) is 1. The summed E-state index contributed by atoms with van der Waals surface area (Å²) in [6, 6.07) is -0.181. The van der Waals surface area contributed by atoms with Crippen molar-refractivity contribution in [3.8, 4) is 0 Å². The van der Waals surface area contributed by atoms with Gasteiger partial charge in [-0.05, 0) is 41.0 Å². The lowest BCUT2D eigenvalue weighted by molar-refractivity contribution is -0.138. The standard InChI is InChI=1S/C17H31NO4/c1-8-10-11-14(12-13(3)15(19)21-9-2)18(7)16(20)22-17(4,5)6/h12,14H,8-11H2,1-7H3/b13-12+/t14-/m0/s1. The van der Waals surface area contributed by atoms with Crippen LogP contribution in [0.1, 0.15) is 60.8 Å². The first-order chi connectivity index (χ1) is 10.1. The van der Waals surface area contributed by atoms with Crippen LogP contribution >= 0.6 is 0 Å². The maximum Gasteiger partial charge on any atom is 0.410 e. The van der Waals surface area contributed by atoms with Crippen molar-refractivity contribution in [3.05, 3.63) is 11.6 Å². The molecule has 1 atom stereocenters. The predicted octanol–water partition coefficient (Wildman–Crippen LogP) is 3.92. The Hall–Kier alpha value is -1.52. The number of carbonyl (C=O) groups is 2. The van der Waals surface area contributed by atoms with E-state index in [2.05, 4.69) is 6.92 Å². The summed E-state index contributed by atoms with van der Waals surface area (Å²) in [4.78, 5) is 25.5. The molecule has 0 radical (unpaired) electrons. The van der Waals surface area contributed by atoms with Crippen molar-refractivity contribution >= 4 is 12.1 Å². The highest BCUT2D eigenvalue weighted by molar-refractivity contribution is 5.88. The number of nitrogens with zero attached hydrogens (tertiary/aromatic N) is 1. The zero-order valence-corrected chi connectivity index (χ0v) is 15.1. The molecule has 5 nitrogen and oxygen atoms in total. The Balaban J connectivity index is 5.06. The molecule has 0 unspecified atom stereocenters. The minimum absolute atomic E-state index is 0.181. The largest absolute Gasteiger partial charge is 0.463 e. The molecule has 0 rings (SSSR count). The van der Waals surface area contributed by atoms with E-state index < -0.39 is 5.60 Å². The molecule has 0 N–H and O–H groups in total. The van der Waals surface area contributed by atoms with E-state index in [1.807, 2.05) is 20.8 Å². The smallest absolute Gasteiger partial charge is 0.410 e. The number of rotatable bonds is 7. The van der Waals surface area contributed by atoms with Crippen LogP contribution in [0.2, 0.25) is 0 Å². The molecular formula is C17H31NO4. The molecule has 0 aliphatic heterocycles. The molecule has 0 fully saturated rings. The highest BCUT2D eigenvalue weighted by atomic mass is 16.6. The summed E-state index contributed by atoms with van der Waals surface area (Å²) in [6.07, 6.45) is 4.16. The Morgan fingerprint density at radius 3 is 2.27 bits per heavy atom. The Bertz CT molecular complexity index is 396. The topological polar surface area (TPSA) is 55.8 Å². The summed E-state index contributed by atoms with van der Waals surface area (Å²) in [5.41, 5.74) is -0.0287. The van der Waals surface area contributed by atoms with E-state index in [4.69, 9.17) is 9.47 Å². The molecule has 22 heavy (non-hydrogen) atoms. The van der Waals surface area contributed by atoms with Crippen LogP contribution in [0, 0.1) is 0 Å². The average Bonchev–Trinajstić information content (AvgIpc) is 2.40. The van der Waals surface area contributed by atoms with Gasteiger partial charge in [-0.25, -0.2) is 9.59 Å². The van der Waals surface area contributed by atoms with E-state index in [-0.39, 0.29) is 18.1 Å². The first-order valence-electron chi connectivity index (χ1n) is 7.93. The molecule has 128 valence electrons. The molecule has 5 heteroatoms. The molecule has 0 aliphatic rings. The molecule has 0 bridgehead atoms. The maximum absolute atomic E-state index is 12.2. The highest BCUT2D eigenvalue weighted by Crippen LogP contribution is 2.16. The summed E-state index contributed by atoms with van der Waals surface area (Å²) < 4.78 is 10.4. The summed E-state index contributed by atoms with van der Waals surface area (Å²) in [7, 11) is 1.70. The van der Waals surface area contributed by atoms with Crippen molar-refractivity contribution in [3.63, 3.8) is 0 Å². The lowest BCUT2D eigenvalue weighted by Gasteiger charge is -2.29. The van der Waals surface area contributed by atoms with Gasteiger partial charge in [-0.15, -0.1) is 0 Å². The number of amides is 1. The molecule has 0 aromatic heterocycles. The van der Waals surface area contributed by atoms with Crippen LogP contribution < -0.4 is 0 Å². The molecule has 0 aromatic rings. The summed E-state index contributed by atoms with van der Waals surface area (Å²) in [5, 5.41) is 0. The zero-order valence-electron chi connectivity index (χ0n) is 15.1. The van der Waals surface area contributed by atoms with Crippen LogP contribution in [0.5, 0.6) is 0 Å². The molecule has 0 aromatic carbocycles. The quantitative estimate of drug-likeness (QED) is 0.528. The lowest BCUT2D eigenvalue weighted by Crippen LogP contribution is -2.40. The minimum Gasteiger partial charge on any atom is -0.463 e. The maximum atomic E-state index is 12.2. The Kier molecular flexibility index (Phi) is 8.83. The van der Waals surface area contributed by atoms with Gasteiger partial charge in [-0.1, -0.05) is 25.8 Å². The Labute approximate surface area is 134 Å². The number of likely N-dealkylation sites (N-methyl/N-ethyl adjacent to an activating group) is 1. The van der Waals surface area contributed by atoms with Gasteiger partial charge in [-0.2, -0.15) is 0 Å². The van der Waals surface area contributed by atoms with Gasteiger partial charge in [0.1, 0.15) is 5.60 Å². The van der Waals surface area contributed by atoms with Gasteiger partial charge in [0.25, 0.3) is 0 Å². The Morgan fingerprint density at radius 2 is 1.82 bits per heavy atom. The second-order valence-corrected chi connectivity index (χ2v) is 6.37. The van der Waals surface area contributed by atoms with Crippen LogP contribution in [0.25, 0.3) is 0 Å². The van der Waals surface area contributed by atoms with Gasteiger partial charge in [-0.3, -0.25) is 0 Å². The number of hydrogen-bond donors (Lipinski definition) is 0. The number of carbonyl (C=O) groups excluding carboxylic acids is 2. The van der Waals surface area contributed by atoms with Crippen molar-refractivity contribution in [2.45, 2.75) is 72.4 Å². The first-order valence-corrected chi connectivity index (χ1v) is 7.93. The molecule has 0 saturated heterocycles. The fourth-order valence-corrected chi connectivity index (χ4v) is 1.87. The Morgan fingerprint density at radius 1 is 1.23 bits per heavy atom. The van der Waals surface area contributed by atoms with Crippen molar-refractivity contribution < 1.29 is 19.1 Å². The van der Waals surface area contributed by atoms with E-state index in [1.165, 1.54) is 0 Å². The molecule has 0 heterocycles. The van der Waals surface area contributed by atoms with E-state index in [0.717, 1.165) is 19.3 Å². The summed E-state index contributed by atoms with van der Waals surface area (Å²) in [5.74, 6) is -0.346. The van der Waals surface area contributed by atoms with Crippen molar-refractivity contribution in [2.24, 2.45) is 0 Å². The van der Waals surface area contributed by atoms with Crippen LogP contribution in [-0.4, -0.2) is 42.3 Å². The summed E-state index contributed by atoms with van der Waals surface area (Å²) in [6.45, 7) is 11.4. The highest BCUT2D eigenvalue weighted by Gasteiger charge is 2.24. The number of esters is 1. The van der Waals surface area contributed by atoms with Gasteiger partial charge in [0.05, 0.1) is 12.6 Å². The number of ether oxygens (including phenoxy) is 2. The third-order valence-corrected chi connectivity index (χ3v) is 3.07. The van der Waals surface area contributed by atoms with E-state index >= 15 is 0 Å². The van der Waals surface area contributed by atoms with Crippen molar-refractivity contribution in [1.82, 2.24) is 4.90 Å². The van der Waals surface area contributed by atoms with Gasteiger partial charge in [0.15, 0.2) is 0 Å². The van der Waals surface area contributed by atoms with E-state index in [1.54, 1.807) is 31.9 Å². The van der Waals surface area contributed by atoms with Crippen molar-refractivity contribution in [2.75, 3.05) is 13.7 Å². The second kappa shape index (κ2) is 9.49. The zero-order chi connectivity index (χ0) is 17.3. The van der Waals surface area contributed by atoms with Crippen LogP contribution in [0.15, 0.2) is 11.6 Å². The fraction of sp³-hybridized carbons (Fsp3) is 0.765. The lowest BCUT2D eigenvalue weighted by atomic mass is 10.1. The van der Waals surface area contributed by atoms with Crippen LogP contribution in [0.4, 0.5) is 4.79 Å². The van der Waals surface area contributed by atoms with E-state index in [9.17, 15) is 9.59 Å². The second-order valence-electron chi connectivity index (χ2n) is 6.37. The molecule has 1 amide bonds. The van der Waals surface area contributed by atoms with Crippen LogP contribution in [-0.2, 0) is 14.3 Å². The molecule has 0 saturated carbocycles. The fourth-order valence-electron chi connectivity index (χ4n) is 1.87. The van der Waals surface area contributed by atoms with Gasteiger partial charge in [0, 0.05) is 12.6 Å². The van der Waals surface area contributed by atoms with Gasteiger partial charge < -0.3 is 14.4 Å². The van der Waals surface area contributed by atoms with Crippen LogP contribution in [0.3, 0.4) is 0 Å². The minimum atomic E-state index is -0.541. The van der Waals surface area contributed by atoms with Gasteiger partial charge >= 0.3 is 12.1 Å². The van der Waals surface area contributed by atoms with Crippen molar-refractivity contribution in [1.29, 1.82) is 0 Å². The first kappa shape index (κ1) is 20.5. The predicted molar refractivity (Wildman–Crippen MR) is 87.7 cm³/mol. The third-order valence-electron chi connectivity index (χ3n) is 3.07. The summed E-state index contributed by atoms with van der Waals surface area (Å²) >= 11 is 0. The van der Waals surface area contributed by atoms with E-state index in [0.29, 0.717) is 12.2 Å². The van der Waals surface area contributed by atoms with Gasteiger partial charge in [0.2, 0.25) is 0 Å². The number of hydrogen-bond acceptors (Lipinski definition) is 4. The average molecular weight is 313 g/mol. The molecular weight excluding hydrogens is 282 g/mol. The molecule has 0 aliphatic carbocycles. The normalized spacial score (nSPS) is 13.5. The third kappa shape index (κ3) is 8.05. The monoisotopic (exact) mass is 313 g/mol. The SMILES string of the molecule is CCCC[C@@H](/C=C(\C)C(=O)OCC)N(C)C(=O)OC(C)(C)C. The molecule has 0 spiro atoms.